The van der Waals surface area contributed by atoms with Crippen LogP contribution in [0.25, 0.3) is 0 Å². The van der Waals surface area contributed by atoms with E-state index in [4.69, 9.17) is 0 Å². The molecule has 0 saturated carbocycles. The SMILES string of the molecule is O=C([C@H]1CCCN1)N1CC=C(C(F)(F)F)CC1. The summed E-state index contributed by atoms with van der Waals surface area (Å²) in [6.45, 7) is 1.06. The van der Waals surface area contributed by atoms with Crippen LogP contribution in [0.3, 0.4) is 0 Å². The van der Waals surface area contributed by atoms with Crippen LogP contribution >= 0.6 is 0 Å². The molecule has 96 valence electrons. The number of halogens is 3. The molecule has 0 aliphatic carbocycles. The standard InChI is InChI=1S/C11H15F3N2O/c12-11(13,14)8-3-6-16(7-4-8)10(17)9-2-1-5-15-9/h3,9,15H,1-2,4-7H2/t9-/m1/s1. The number of amides is 1. The van der Waals surface area contributed by atoms with Crippen LogP contribution < -0.4 is 5.32 Å². The molecule has 0 aromatic carbocycles. The summed E-state index contributed by atoms with van der Waals surface area (Å²) in [4.78, 5) is 13.4. The summed E-state index contributed by atoms with van der Waals surface area (Å²) < 4.78 is 37.2. The molecule has 17 heavy (non-hydrogen) atoms. The van der Waals surface area contributed by atoms with Crippen molar-refractivity contribution >= 4 is 5.91 Å². The van der Waals surface area contributed by atoms with Gasteiger partial charge in [-0.15, -0.1) is 0 Å². The lowest BCUT2D eigenvalue weighted by molar-refractivity contribution is -0.134. The van der Waals surface area contributed by atoms with Crippen molar-refractivity contribution < 1.29 is 18.0 Å². The molecule has 0 aromatic heterocycles. The lowest BCUT2D eigenvalue weighted by Crippen LogP contribution is -2.45. The van der Waals surface area contributed by atoms with Gasteiger partial charge in [-0.25, -0.2) is 0 Å². The van der Waals surface area contributed by atoms with Gasteiger partial charge in [0.25, 0.3) is 0 Å². The number of alkyl halides is 3. The molecular formula is C11H15F3N2O. The third-order valence-electron chi connectivity index (χ3n) is 3.24. The average molecular weight is 248 g/mol. The lowest BCUT2D eigenvalue weighted by Gasteiger charge is -2.29. The normalized spacial score (nSPS) is 25.9. The van der Waals surface area contributed by atoms with Crippen molar-refractivity contribution in [1.82, 2.24) is 10.2 Å². The molecule has 1 atom stereocenters. The molecule has 0 radical (unpaired) electrons. The second-order valence-electron chi connectivity index (χ2n) is 4.41. The molecule has 2 heterocycles. The maximum absolute atomic E-state index is 12.4. The Morgan fingerprint density at radius 1 is 1.47 bits per heavy atom. The first kappa shape index (κ1) is 12.4. The number of carbonyl (C=O) groups is 1. The van der Waals surface area contributed by atoms with Crippen LogP contribution in [0, 0.1) is 0 Å². The van der Waals surface area contributed by atoms with Gasteiger partial charge in [-0.1, -0.05) is 6.08 Å². The molecule has 2 rings (SSSR count). The largest absolute Gasteiger partial charge is 0.412 e. The molecule has 1 N–H and O–H groups in total. The highest BCUT2D eigenvalue weighted by atomic mass is 19.4. The minimum atomic E-state index is -4.25. The number of nitrogens with zero attached hydrogens (tertiary/aromatic N) is 1. The number of rotatable bonds is 1. The van der Waals surface area contributed by atoms with Crippen LogP contribution in [0.4, 0.5) is 13.2 Å². The van der Waals surface area contributed by atoms with Gasteiger partial charge in [0.2, 0.25) is 5.91 Å². The fourth-order valence-corrected chi connectivity index (χ4v) is 2.24. The van der Waals surface area contributed by atoms with Gasteiger partial charge >= 0.3 is 6.18 Å². The Hall–Kier alpha value is -1.04. The number of hydrogen-bond acceptors (Lipinski definition) is 2. The van der Waals surface area contributed by atoms with E-state index in [1.807, 2.05) is 0 Å². The highest BCUT2D eigenvalue weighted by Gasteiger charge is 2.36. The summed E-state index contributed by atoms with van der Waals surface area (Å²) in [6.07, 6.45) is -1.49. The third kappa shape index (κ3) is 2.80. The van der Waals surface area contributed by atoms with Crippen molar-refractivity contribution in [3.63, 3.8) is 0 Å². The van der Waals surface area contributed by atoms with E-state index in [1.165, 1.54) is 4.90 Å². The smallest absolute Gasteiger partial charge is 0.337 e. The molecule has 0 aromatic rings. The minimum Gasteiger partial charge on any atom is -0.337 e. The molecule has 3 nitrogen and oxygen atoms in total. The zero-order chi connectivity index (χ0) is 12.5. The average Bonchev–Trinajstić information content (AvgIpc) is 2.80. The molecule has 1 saturated heterocycles. The van der Waals surface area contributed by atoms with E-state index in [9.17, 15) is 18.0 Å². The van der Waals surface area contributed by atoms with E-state index in [0.29, 0.717) is 0 Å². The van der Waals surface area contributed by atoms with E-state index in [0.717, 1.165) is 25.5 Å². The van der Waals surface area contributed by atoms with E-state index >= 15 is 0 Å². The van der Waals surface area contributed by atoms with E-state index in [1.54, 1.807) is 0 Å². The molecule has 1 amide bonds. The highest BCUT2D eigenvalue weighted by Crippen LogP contribution is 2.30. The quantitative estimate of drug-likeness (QED) is 0.712. The maximum atomic E-state index is 12.4. The summed E-state index contributed by atoms with van der Waals surface area (Å²) in [5, 5.41) is 3.06. The van der Waals surface area contributed by atoms with Crippen LogP contribution in [-0.2, 0) is 4.79 Å². The zero-order valence-electron chi connectivity index (χ0n) is 9.39. The topological polar surface area (TPSA) is 32.3 Å². The summed E-state index contributed by atoms with van der Waals surface area (Å²) in [5.74, 6) is -0.0695. The number of hydrogen-bond donors (Lipinski definition) is 1. The maximum Gasteiger partial charge on any atom is 0.412 e. The summed E-state index contributed by atoms with van der Waals surface area (Å²) in [5.41, 5.74) is -0.513. The van der Waals surface area contributed by atoms with E-state index < -0.39 is 11.7 Å². The molecule has 0 spiro atoms. The predicted molar refractivity (Wildman–Crippen MR) is 56.4 cm³/mol. The van der Waals surface area contributed by atoms with Crippen molar-refractivity contribution in [2.75, 3.05) is 19.6 Å². The Balaban J connectivity index is 1.94. The summed E-state index contributed by atoms with van der Waals surface area (Å²) in [7, 11) is 0. The fourth-order valence-electron chi connectivity index (χ4n) is 2.24. The monoisotopic (exact) mass is 248 g/mol. The minimum absolute atomic E-state index is 0.0695. The van der Waals surface area contributed by atoms with Crippen molar-refractivity contribution in [2.45, 2.75) is 31.5 Å². The Morgan fingerprint density at radius 3 is 2.71 bits per heavy atom. The van der Waals surface area contributed by atoms with Crippen LogP contribution in [0.1, 0.15) is 19.3 Å². The Bertz CT molecular complexity index is 332. The van der Waals surface area contributed by atoms with Gasteiger partial charge in [-0.2, -0.15) is 13.2 Å². The van der Waals surface area contributed by atoms with Gasteiger partial charge in [0.1, 0.15) is 0 Å². The van der Waals surface area contributed by atoms with Crippen molar-refractivity contribution in [2.24, 2.45) is 0 Å². The third-order valence-corrected chi connectivity index (χ3v) is 3.24. The van der Waals surface area contributed by atoms with Crippen LogP contribution in [0.2, 0.25) is 0 Å². The predicted octanol–water partition coefficient (Wildman–Crippen LogP) is 1.46. The molecule has 0 unspecified atom stereocenters. The van der Waals surface area contributed by atoms with Crippen molar-refractivity contribution in [3.05, 3.63) is 11.6 Å². The number of carbonyl (C=O) groups excluding carboxylic acids is 1. The van der Waals surface area contributed by atoms with Crippen LogP contribution in [-0.4, -0.2) is 42.7 Å². The van der Waals surface area contributed by atoms with Gasteiger partial charge in [-0.3, -0.25) is 4.79 Å². The molecule has 2 aliphatic heterocycles. The van der Waals surface area contributed by atoms with Crippen molar-refractivity contribution in [1.29, 1.82) is 0 Å². The Kier molecular flexibility index (Phi) is 3.42. The van der Waals surface area contributed by atoms with Gasteiger partial charge < -0.3 is 10.2 Å². The van der Waals surface area contributed by atoms with Gasteiger partial charge in [0.05, 0.1) is 6.04 Å². The molecule has 1 fully saturated rings. The first-order valence-corrected chi connectivity index (χ1v) is 5.77. The second kappa shape index (κ2) is 4.68. The van der Waals surface area contributed by atoms with Gasteiger partial charge in [-0.05, 0) is 25.8 Å². The van der Waals surface area contributed by atoms with Crippen LogP contribution in [0.15, 0.2) is 11.6 Å². The molecule has 6 heteroatoms. The second-order valence-corrected chi connectivity index (χ2v) is 4.41. The summed E-state index contributed by atoms with van der Waals surface area (Å²) >= 11 is 0. The Morgan fingerprint density at radius 2 is 2.24 bits per heavy atom. The van der Waals surface area contributed by atoms with Gasteiger partial charge in [0.15, 0.2) is 0 Å². The zero-order valence-corrected chi connectivity index (χ0v) is 9.39. The molecule has 2 aliphatic rings. The number of nitrogens with one attached hydrogen (secondary N) is 1. The van der Waals surface area contributed by atoms with E-state index in [-0.39, 0.29) is 31.5 Å². The molecular weight excluding hydrogens is 233 g/mol. The molecule has 0 bridgehead atoms. The fraction of sp³-hybridized carbons (Fsp3) is 0.727. The first-order valence-electron chi connectivity index (χ1n) is 5.77. The Labute approximate surface area is 97.7 Å². The van der Waals surface area contributed by atoms with Crippen LogP contribution in [0.5, 0.6) is 0 Å². The van der Waals surface area contributed by atoms with Crippen molar-refractivity contribution in [3.8, 4) is 0 Å². The first-order chi connectivity index (χ1) is 7.98. The highest BCUT2D eigenvalue weighted by molar-refractivity contribution is 5.82. The van der Waals surface area contributed by atoms with Gasteiger partial charge in [0, 0.05) is 18.7 Å². The summed E-state index contributed by atoms with van der Waals surface area (Å²) in [6, 6.07) is -0.198. The van der Waals surface area contributed by atoms with E-state index in [2.05, 4.69) is 5.32 Å². The lowest BCUT2D eigenvalue weighted by atomic mass is 10.1.